The van der Waals surface area contributed by atoms with E-state index >= 15 is 0 Å². The molecule has 0 saturated carbocycles. The van der Waals surface area contributed by atoms with E-state index in [1.807, 2.05) is 19.1 Å². The molecule has 1 atom stereocenters. The summed E-state index contributed by atoms with van der Waals surface area (Å²) in [5.41, 5.74) is 0. The zero-order chi connectivity index (χ0) is 5.70. The lowest BCUT2D eigenvalue weighted by Crippen LogP contribution is -1.76. The Morgan fingerprint density at radius 2 is 2.14 bits per heavy atom. The molecule has 0 fully saturated rings. The largest absolute Gasteiger partial charge is 0.102 e. The Hall–Kier alpha value is -0.520. The van der Waals surface area contributed by atoms with Crippen LogP contribution in [0.3, 0.4) is 0 Å². The molecule has 0 N–H and O–H groups in total. The highest BCUT2D eigenvalue weighted by atomic mass is 13.9. The van der Waals surface area contributed by atoms with Crippen molar-refractivity contribution in [3.63, 3.8) is 0 Å². The number of rotatable bonds is 2. The van der Waals surface area contributed by atoms with Crippen molar-refractivity contribution in [1.82, 2.24) is 0 Å². The predicted molar refractivity (Wildman–Crippen MR) is 34.2 cm³/mol. The molecule has 0 rings (SSSR count). The third-order valence-corrected chi connectivity index (χ3v) is 0.868. The van der Waals surface area contributed by atoms with E-state index in [0.29, 0.717) is 5.92 Å². The van der Waals surface area contributed by atoms with Crippen LogP contribution in [-0.4, -0.2) is 0 Å². The van der Waals surface area contributed by atoms with Crippen molar-refractivity contribution in [3.8, 4) is 0 Å². The summed E-state index contributed by atoms with van der Waals surface area (Å²) in [4.78, 5) is 0. The average molecular weight is 96.2 g/mol. The first-order chi connectivity index (χ1) is 3.31. The monoisotopic (exact) mass is 96.1 g/mol. The van der Waals surface area contributed by atoms with Gasteiger partial charge in [0, 0.05) is 0 Å². The summed E-state index contributed by atoms with van der Waals surface area (Å²) in [5.74, 6) is 0.532. The van der Waals surface area contributed by atoms with Crippen LogP contribution >= 0.6 is 0 Å². The molecular weight excluding hydrogens is 84.1 g/mol. The molecule has 1 unspecified atom stereocenters. The molecule has 0 aromatic rings. The normalized spacial score (nSPS) is 14.6. The smallest absolute Gasteiger partial charge is 0.00847 e. The molecule has 0 aromatic heterocycles. The summed E-state index contributed by atoms with van der Waals surface area (Å²) in [6, 6.07) is 0. The van der Waals surface area contributed by atoms with Gasteiger partial charge in [0.2, 0.25) is 0 Å². The van der Waals surface area contributed by atoms with E-state index in [-0.39, 0.29) is 0 Å². The summed E-state index contributed by atoms with van der Waals surface area (Å²) < 4.78 is 0. The van der Waals surface area contributed by atoms with Gasteiger partial charge in [0.05, 0.1) is 0 Å². The van der Waals surface area contributed by atoms with Crippen molar-refractivity contribution in [2.45, 2.75) is 13.8 Å². The van der Waals surface area contributed by atoms with E-state index in [9.17, 15) is 0 Å². The Morgan fingerprint density at radius 1 is 1.57 bits per heavy atom. The Labute approximate surface area is 45.5 Å². The maximum absolute atomic E-state index is 3.63. The van der Waals surface area contributed by atoms with E-state index in [0.717, 1.165) is 0 Å². The molecule has 0 nitrogen and oxygen atoms in total. The highest BCUT2D eigenvalue weighted by Gasteiger charge is 1.81. The van der Waals surface area contributed by atoms with Crippen molar-refractivity contribution in [1.29, 1.82) is 0 Å². The molecule has 0 radical (unpaired) electrons. The van der Waals surface area contributed by atoms with Gasteiger partial charge in [-0.3, -0.25) is 0 Å². The molecule has 0 aliphatic carbocycles. The summed E-state index contributed by atoms with van der Waals surface area (Å²) in [6.45, 7) is 7.75. The minimum atomic E-state index is 0.532. The Morgan fingerprint density at radius 3 is 2.29 bits per heavy atom. The lowest BCUT2D eigenvalue weighted by molar-refractivity contribution is 0.941. The second-order valence-electron chi connectivity index (χ2n) is 1.62. The summed E-state index contributed by atoms with van der Waals surface area (Å²) in [5, 5.41) is 0. The number of allylic oxidation sites excluding steroid dienone is 3. The van der Waals surface area contributed by atoms with Gasteiger partial charge in [-0.1, -0.05) is 25.2 Å². The molecule has 0 saturated heterocycles. The van der Waals surface area contributed by atoms with Crippen molar-refractivity contribution in [3.05, 3.63) is 24.8 Å². The van der Waals surface area contributed by atoms with Crippen LogP contribution in [0.1, 0.15) is 13.8 Å². The number of hydrogen-bond acceptors (Lipinski definition) is 0. The van der Waals surface area contributed by atoms with Crippen LogP contribution in [-0.2, 0) is 0 Å². The van der Waals surface area contributed by atoms with Gasteiger partial charge in [0.25, 0.3) is 0 Å². The molecule has 0 heteroatoms. The first-order valence-electron chi connectivity index (χ1n) is 2.56. The first kappa shape index (κ1) is 6.48. The Kier molecular flexibility index (Phi) is 3.39. The van der Waals surface area contributed by atoms with E-state index in [1.54, 1.807) is 0 Å². The van der Waals surface area contributed by atoms with Gasteiger partial charge in [-0.05, 0) is 12.8 Å². The quantitative estimate of drug-likeness (QED) is 0.463. The Balaban J connectivity index is 3.35. The molecule has 0 aromatic carbocycles. The van der Waals surface area contributed by atoms with Gasteiger partial charge in [0.15, 0.2) is 0 Å². The van der Waals surface area contributed by atoms with E-state index in [2.05, 4.69) is 19.6 Å². The van der Waals surface area contributed by atoms with Gasteiger partial charge in [-0.2, -0.15) is 0 Å². The summed E-state index contributed by atoms with van der Waals surface area (Å²) >= 11 is 0. The van der Waals surface area contributed by atoms with Crippen molar-refractivity contribution >= 4 is 0 Å². The topological polar surface area (TPSA) is 0 Å². The molecule has 0 aliphatic rings. The van der Waals surface area contributed by atoms with Gasteiger partial charge in [-0.15, -0.1) is 6.58 Å². The van der Waals surface area contributed by atoms with E-state index in [1.165, 1.54) is 0 Å². The van der Waals surface area contributed by atoms with Crippen LogP contribution < -0.4 is 0 Å². The lowest BCUT2D eigenvalue weighted by atomic mass is 10.2. The molecule has 0 bridgehead atoms. The van der Waals surface area contributed by atoms with Crippen LogP contribution in [0.15, 0.2) is 24.8 Å². The van der Waals surface area contributed by atoms with Gasteiger partial charge >= 0.3 is 0 Å². The molecule has 0 spiro atoms. The molecule has 7 heavy (non-hydrogen) atoms. The lowest BCUT2D eigenvalue weighted by Gasteiger charge is -1.90. The third kappa shape index (κ3) is 3.31. The minimum Gasteiger partial charge on any atom is -0.102 e. The van der Waals surface area contributed by atoms with Crippen LogP contribution in [0.2, 0.25) is 0 Å². The summed E-state index contributed by atoms with van der Waals surface area (Å²) in [6.07, 6.45) is 6.05. The third-order valence-electron chi connectivity index (χ3n) is 0.868. The highest BCUT2D eigenvalue weighted by Crippen LogP contribution is 1.95. The Bertz CT molecular complexity index is 70.1. The molecule has 40 valence electrons. The SMILES string of the molecule is C=CC(C)/C=C\C. The number of hydrogen-bond donors (Lipinski definition) is 0. The second-order valence-corrected chi connectivity index (χ2v) is 1.62. The first-order valence-corrected chi connectivity index (χ1v) is 2.56. The van der Waals surface area contributed by atoms with Crippen molar-refractivity contribution in [2.75, 3.05) is 0 Å². The second kappa shape index (κ2) is 3.66. The standard InChI is InChI=1S/C7H12/c1-4-6-7(3)5-2/h4-7H,2H2,1,3H3/b6-4-. The maximum atomic E-state index is 3.63. The molecule has 0 aliphatic heterocycles. The minimum absolute atomic E-state index is 0.532. The maximum Gasteiger partial charge on any atom is -0.00847 e. The fourth-order valence-corrected chi connectivity index (χ4v) is 0.382. The van der Waals surface area contributed by atoms with Gasteiger partial charge in [0.1, 0.15) is 0 Å². The van der Waals surface area contributed by atoms with Crippen LogP contribution in [0, 0.1) is 5.92 Å². The fraction of sp³-hybridized carbons (Fsp3) is 0.429. The van der Waals surface area contributed by atoms with Crippen molar-refractivity contribution < 1.29 is 0 Å². The van der Waals surface area contributed by atoms with Crippen LogP contribution in [0.5, 0.6) is 0 Å². The van der Waals surface area contributed by atoms with Crippen LogP contribution in [0.25, 0.3) is 0 Å². The van der Waals surface area contributed by atoms with Gasteiger partial charge < -0.3 is 0 Å². The molecular formula is C7H12. The zero-order valence-electron chi connectivity index (χ0n) is 5.02. The highest BCUT2D eigenvalue weighted by molar-refractivity contribution is 4.92. The van der Waals surface area contributed by atoms with Gasteiger partial charge in [-0.25, -0.2) is 0 Å². The van der Waals surface area contributed by atoms with Crippen molar-refractivity contribution in [2.24, 2.45) is 5.92 Å². The predicted octanol–water partition coefficient (Wildman–Crippen LogP) is 2.38. The summed E-state index contributed by atoms with van der Waals surface area (Å²) in [7, 11) is 0. The average Bonchev–Trinajstić information content (AvgIpc) is 1.68. The van der Waals surface area contributed by atoms with E-state index < -0.39 is 0 Å². The molecule has 0 heterocycles. The van der Waals surface area contributed by atoms with Crippen LogP contribution in [0.4, 0.5) is 0 Å². The molecule has 0 amide bonds. The van der Waals surface area contributed by atoms with E-state index in [4.69, 9.17) is 0 Å². The zero-order valence-corrected chi connectivity index (χ0v) is 5.02. The fourth-order valence-electron chi connectivity index (χ4n) is 0.382.